The average Bonchev–Trinajstić information content (AvgIpc) is 2.33. The minimum atomic E-state index is -3.84. The van der Waals surface area contributed by atoms with Crippen LogP contribution in [0.25, 0.3) is 0 Å². The first-order chi connectivity index (χ1) is 8.98. The number of nitro benzene ring substituents is 1. The third kappa shape index (κ3) is 2.46. The summed E-state index contributed by atoms with van der Waals surface area (Å²) in [5.74, 6) is 0. The molecule has 0 amide bonds. The first-order valence-corrected chi connectivity index (χ1v) is 7.38. The Morgan fingerprint density at radius 1 is 1.42 bits per heavy atom. The van der Waals surface area contributed by atoms with Crippen molar-refractivity contribution >= 4 is 15.7 Å². The van der Waals surface area contributed by atoms with Gasteiger partial charge < -0.3 is 5.32 Å². The lowest BCUT2D eigenvalue weighted by atomic mass is 10.2. The van der Waals surface area contributed by atoms with E-state index in [1.807, 2.05) is 0 Å². The molecule has 19 heavy (non-hydrogen) atoms. The van der Waals surface area contributed by atoms with Gasteiger partial charge in [0.2, 0.25) is 10.0 Å². The Hall–Kier alpha value is -1.51. The molecule has 1 aromatic rings. The molecule has 7 nitrogen and oxygen atoms in total. The Kier molecular flexibility index (Phi) is 3.83. The highest BCUT2D eigenvalue weighted by Crippen LogP contribution is 2.27. The van der Waals surface area contributed by atoms with Crippen molar-refractivity contribution in [3.05, 3.63) is 34.4 Å². The summed E-state index contributed by atoms with van der Waals surface area (Å²) >= 11 is 0. The monoisotopic (exact) mass is 285 g/mol. The quantitative estimate of drug-likeness (QED) is 0.631. The van der Waals surface area contributed by atoms with Crippen LogP contribution in [0, 0.1) is 10.1 Å². The molecule has 1 N–H and O–H groups in total. The minimum Gasteiger partial charge on any atom is -0.313 e. The van der Waals surface area contributed by atoms with Crippen LogP contribution >= 0.6 is 0 Å². The minimum absolute atomic E-state index is 0.130. The second-order valence-corrected chi connectivity index (χ2v) is 6.10. The van der Waals surface area contributed by atoms with Gasteiger partial charge in [-0.15, -0.1) is 0 Å². The Labute approximate surface area is 111 Å². The SMILES string of the molecule is CCN(C1CNC1)S(=O)(=O)c1ccccc1[N+](=O)[O-]. The fraction of sp³-hybridized carbons (Fsp3) is 0.455. The van der Waals surface area contributed by atoms with Crippen molar-refractivity contribution in [1.82, 2.24) is 9.62 Å². The molecule has 1 saturated heterocycles. The van der Waals surface area contributed by atoms with Gasteiger partial charge in [0.1, 0.15) is 0 Å². The van der Waals surface area contributed by atoms with Crippen molar-refractivity contribution in [2.75, 3.05) is 19.6 Å². The fourth-order valence-corrected chi connectivity index (χ4v) is 3.85. The highest BCUT2D eigenvalue weighted by atomic mass is 32.2. The molecule has 1 fully saturated rings. The van der Waals surface area contributed by atoms with Crippen molar-refractivity contribution in [3.8, 4) is 0 Å². The van der Waals surface area contributed by atoms with Crippen molar-refractivity contribution in [1.29, 1.82) is 0 Å². The number of nitrogens with one attached hydrogen (secondary N) is 1. The van der Waals surface area contributed by atoms with Crippen LogP contribution in [-0.4, -0.2) is 43.3 Å². The molecular formula is C11H15N3O4S. The largest absolute Gasteiger partial charge is 0.313 e. The van der Waals surface area contributed by atoms with Crippen LogP contribution in [0.2, 0.25) is 0 Å². The van der Waals surface area contributed by atoms with E-state index < -0.39 is 14.9 Å². The molecule has 1 aliphatic rings. The molecular weight excluding hydrogens is 270 g/mol. The molecule has 0 spiro atoms. The van der Waals surface area contributed by atoms with E-state index in [4.69, 9.17) is 0 Å². The van der Waals surface area contributed by atoms with Gasteiger partial charge in [0.15, 0.2) is 4.90 Å². The number of rotatable bonds is 5. The number of para-hydroxylation sites is 1. The standard InChI is InChI=1S/C11H15N3O4S/c1-2-13(9-7-12-8-9)19(17,18)11-6-4-3-5-10(11)14(15)16/h3-6,9,12H,2,7-8H2,1H3. The van der Waals surface area contributed by atoms with Gasteiger partial charge in [0.05, 0.1) is 11.0 Å². The summed E-state index contributed by atoms with van der Waals surface area (Å²) in [6.45, 7) is 3.17. The highest BCUT2D eigenvalue weighted by Gasteiger charge is 2.37. The average molecular weight is 285 g/mol. The number of likely N-dealkylation sites (N-methyl/N-ethyl adjacent to an activating group) is 1. The maximum atomic E-state index is 12.5. The summed E-state index contributed by atoms with van der Waals surface area (Å²) < 4.78 is 26.3. The number of hydrogen-bond donors (Lipinski definition) is 1. The summed E-state index contributed by atoms with van der Waals surface area (Å²) in [7, 11) is -3.84. The lowest BCUT2D eigenvalue weighted by molar-refractivity contribution is -0.387. The van der Waals surface area contributed by atoms with Crippen molar-refractivity contribution in [2.24, 2.45) is 0 Å². The maximum Gasteiger partial charge on any atom is 0.289 e. The van der Waals surface area contributed by atoms with Crippen molar-refractivity contribution < 1.29 is 13.3 Å². The molecule has 0 radical (unpaired) electrons. The van der Waals surface area contributed by atoms with Crippen LogP contribution in [0.5, 0.6) is 0 Å². The summed E-state index contributed by atoms with van der Waals surface area (Å²) in [5.41, 5.74) is -0.381. The zero-order valence-electron chi connectivity index (χ0n) is 10.4. The van der Waals surface area contributed by atoms with Crippen LogP contribution < -0.4 is 5.32 Å². The molecule has 2 rings (SSSR count). The zero-order valence-corrected chi connectivity index (χ0v) is 11.3. The van der Waals surface area contributed by atoms with Crippen molar-refractivity contribution in [2.45, 2.75) is 17.9 Å². The van der Waals surface area contributed by atoms with Gasteiger partial charge in [0.25, 0.3) is 5.69 Å². The molecule has 0 unspecified atom stereocenters. The smallest absolute Gasteiger partial charge is 0.289 e. The molecule has 0 aliphatic carbocycles. The van der Waals surface area contributed by atoms with Gasteiger partial charge in [-0.25, -0.2) is 8.42 Å². The number of sulfonamides is 1. The first-order valence-electron chi connectivity index (χ1n) is 5.94. The fourth-order valence-electron chi connectivity index (χ4n) is 2.05. The van der Waals surface area contributed by atoms with Gasteiger partial charge >= 0.3 is 0 Å². The van der Waals surface area contributed by atoms with E-state index in [0.29, 0.717) is 19.6 Å². The molecule has 0 aromatic heterocycles. The van der Waals surface area contributed by atoms with Crippen molar-refractivity contribution in [3.63, 3.8) is 0 Å². The molecule has 1 heterocycles. The number of benzene rings is 1. The number of nitrogens with zero attached hydrogens (tertiary/aromatic N) is 2. The van der Waals surface area contributed by atoms with Gasteiger partial charge in [-0.2, -0.15) is 4.31 Å². The Morgan fingerprint density at radius 2 is 2.05 bits per heavy atom. The summed E-state index contributed by atoms with van der Waals surface area (Å²) in [6, 6.07) is 5.31. The van der Waals surface area contributed by atoms with Crippen LogP contribution in [0.3, 0.4) is 0 Å². The predicted octanol–water partition coefficient (Wildman–Crippen LogP) is 0.577. The van der Waals surface area contributed by atoms with E-state index in [1.54, 1.807) is 6.92 Å². The molecule has 1 aromatic carbocycles. The highest BCUT2D eigenvalue weighted by molar-refractivity contribution is 7.89. The number of nitro groups is 1. The van der Waals surface area contributed by atoms with E-state index in [2.05, 4.69) is 5.32 Å². The molecule has 0 saturated carbocycles. The van der Waals surface area contributed by atoms with E-state index >= 15 is 0 Å². The number of hydrogen-bond acceptors (Lipinski definition) is 5. The van der Waals surface area contributed by atoms with Crippen LogP contribution in [0.1, 0.15) is 6.92 Å². The lowest BCUT2D eigenvalue weighted by Gasteiger charge is -2.36. The third-order valence-electron chi connectivity index (χ3n) is 3.13. The zero-order chi connectivity index (χ0) is 14.0. The Balaban J connectivity index is 2.46. The van der Waals surface area contributed by atoms with Crippen LogP contribution in [0.15, 0.2) is 29.2 Å². The maximum absolute atomic E-state index is 12.5. The first kappa shape index (κ1) is 13.9. The van der Waals surface area contributed by atoms with Gasteiger partial charge in [-0.1, -0.05) is 19.1 Å². The van der Waals surface area contributed by atoms with Gasteiger partial charge in [-0.3, -0.25) is 10.1 Å². The van der Waals surface area contributed by atoms with Crippen LogP contribution in [0.4, 0.5) is 5.69 Å². The molecule has 0 atom stereocenters. The molecule has 104 valence electrons. The van der Waals surface area contributed by atoms with Crippen LogP contribution in [-0.2, 0) is 10.0 Å². The summed E-state index contributed by atoms with van der Waals surface area (Å²) in [4.78, 5) is 10.0. The van der Waals surface area contributed by atoms with E-state index in [9.17, 15) is 18.5 Å². The van der Waals surface area contributed by atoms with E-state index in [-0.39, 0.29) is 16.6 Å². The van der Waals surface area contributed by atoms with E-state index in [1.165, 1.54) is 28.6 Å². The molecule has 8 heteroatoms. The Morgan fingerprint density at radius 3 is 2.53 bits per heavy atom. The molecule has 0 bridgehead atoms. The second-order valence-electron chi connectivity index (χ2n) is 4.25. The van der Waals surface area contributed by atoms with Gasteiger partial charge in [-0.05, 0) is 6.07 Å². The Bertz CT molecular complexity index is 583. The summed E-state index contributed by atoms with van der Waals surface area (Å²) in [5, 5.41) is 13.9. The predicted molar refractivity (Wildman–Crippen MR) is 69.3 cm³/mol. The molecule has 1 aliphatic heterocycles. The topological polar surface area (TPSA) is 92.6 Å². The summed E-state index contributed by atoms with van der Waals surface area (Å²) in [6.07, 6.45) is 0. The third-order valence-corrected chi connectivity index (χ3v) is 5.20. The normalized spacial score (nSPS) is 16.3. The lowest BCUT2D eigenvalue weighted by Crippen LogP contribution is -2.58. The van der Waals surface area contributed by atoms with E-state index in [0.717, 1.165) is 0 Å². The van der Waals surface area contributed by atoms with Gasteiger partial charge in [0, 0.05) is 25.7 Å². The second kappa shape index (κ2) is 5.24.